The van der Waals surface area contributed by atoms with E-state index in [4.69, 9.17) is 0 Å². The number of nitrogens with one attached hydrogen (secondary N) is 2. The number of hydrogen-bond donors (Lipinski definition) is 4. The standard InChI is InChI=1S/C17H16N2O3/c20-14-8-13(9-15(21)10-14)17(22)19-5-3-11-1-2-12-4-6-18-16(12)7-11/h1-2,4,6-10,18,20-21H,3,5H2,(H,19,22). The van der Waals surface area contributed by atoms with Gasteiger partial charge in [-0.2, -0.15) is 0 Å². The number of phenolic OH excluding ortho intramolecular Hbond substituents is 2. The Labute approximate surface area is 127 Å². The first-order valence-corrected chi connectivity index (χ1v) is 6.99. The van der Waals surface area contributed by atoms with Crippen molar-refractivity contribution < 1.29 is 15.0 Å². The fourth-order valence-electron chi connectivity index (χ4n) is 2.40. The molecule has 1 heterocycles. The molecule has 0 saturated carbocycles. The SMILES string of the molecule is O=C(NCCc1ccc2cc[nH]c2c1)c1cc(O)cc(O)c1. The van der Waals surface area contributed by atoms with Crippen molar-refractivity contribution in [2.24, 2.45) is 0 Å². The van der Waals surface area contributed by atoms with Crippen LogP contribution < -0.4 is 5.32 Å². The lowest BCUT2D eigenvalue weighted by Crippen LogP contribution is -2.25. The van der Waals surface area contributed by atoms with Crippen LogP contribution in [-0.4, -0.2) is 27.6 Å². The van der Waals surface area contributed by atoms with Gasteiger partial charge in [0.15, 0.2) is 0 Å². The van der Waals surface area contributed by atoms with E-state index in [1.165, 1.54) is 18.2 Å². The highest BCUT2D eigenvalue weighted by atomic mass is 16.3. The minimum Gasteiger partial charge on any atom is -0.508 e. The predicted octanol–water partition coefficient (Wildman–Crippen LogP) is 2.55. The molecule has 5 nitrogen and oxygen atoms in total. The van der Waals surface area contributed by atoms with Crippen LogP contribution in [0.25, 0.3) is 10.9 Å². The number of phenols is 2. The molecule has 0 aliphatic carbocycles. The maximum Gasteiger partial charge on any atom is 0.251 e. The van der Waals surface area contributed by atoms with Crippen molar-refractivity contribution in [2.45, 2.75) is 6.42 Å². The lowest BCUT2D eigenvalue weighted by atomic mass is 10.1. The van der Waals surface area contributed by atoms with Crippen LogP contribution in [0.2, 0.25) is 0 Å². The van der Waals surface area contributed by atoms with Crippen molar-refractivity contribution in [2.75, 3.05) is 6.54 Å². The van der Waals surface area contributed by atoms with E-state index in [0.717, 1.165) is 16.5 Å². The Hall–Kier alpha value is -2.95. The first-order chi connectivity index (χ1) is 10.6. The molecular formula is C17H16N2O3. The van der Waals surface area contributed by atoms with Gasteiger partial charge in [0.05, 0.1) is 0 Å². The Morgan fingerprint density at radius 3 is 2.59 bits per heavy atom. The van der Waals surface area contributed by atoms with Crippen molar-refractivity contribution in [1.82, 2.24) is 10.3 Å². The van der Waals surface area contributed by atoms with Gasteiger partial charge in [-0.1, -0.05) is 12.1 Å². The molecule has 3 rings (SSSR count). The summed E-state index contributed by atoms with van der Waals surface area (Å²) in [4.78, 5) is 15.1. The second-order valence-electron chi connectivity index (χ2n) is 5.14. The monoisotopic (exact) mass is 296 g/mol. The third kappa shape index (κ3) is 3.03. The Morgan fingerprint density at radius 2 is 1.82 bits per heavy atom. The lowest BCUT2D eigenvalue weighted by molar-refractivity contribution is 0.0953. The van der Waals surface area contributed by atoms with E-state index >= 15 is 0 Å². The van der Waals surface area contributed by atoms with Gasteiger partial charge in [-0.15, -0.1) is 0 Å². The molecule has 0 aliphatic rings. The highest BCUT2D eigenvalue weighted by molar-refractivity contribution is 5.95. The van der Waals surface area contributed by atoms with Crippen LogP contribution in [-0.2, 0) is 6.42 Å². The number of H-pyrrole nitrogens is 1. The summed E-state index contributed by atoms with van der Waals surface area (Å²) in [7, 11) is 0. The van der Waals surface area contributed by atoms with Gasteiger partial charge in [-0.3, -0.25) is 4.79 Å². The third-order valence-electron chi connectivity index (χ3n) is 3.48. The topological polar surface area (TPSA) is 85.4 Å². The summed E-state index contributed by atoms with van der Waals surface area (Å²) in [6.07, 6.45) is 2.59. The maximum atomic E-state index is 12.0. The number of hydrogen-bond acceptors (Lipinski definition) is 3. The molecule has 0 aliphatic heterocycles. The highest BCUT2D eigenvalue weighted by Crippen LogP contribution is 2.20. The molecule has 1 amide bonds. The Kier molecular flexibility index (Phi) is 3.70. The number of carbonyl (C=O) groups excluding carboxylic acids is 1. The average Bonchev–Trinajstić information content (AvgIpc) is 2.93. The first-order valence-electron chi connectivity index (χ1n) is 6.99. The van der Waals surface area contributed by atoms with Crippen LogP contribution >= 0.6 is 0 Å². The summed E-state index contributed by atoms with van der Waals surface area (Å²) in [6.45, 7) is 0.474. The van der Waals surface area contributed by atoms with E-state index in [2.05, 4.69) is 16.4 Å². The lowest BCUT2D eigenvalue weighted by Gasteiger charge is -2.07. The number of aromatic amines is 1. The quantitative estimate of drug-likeness (QED) is 0.597. The molecule has 3 aromatic rings. The van der Waals surface area contributed by atoms with Gasteiger partial charge in [-0.25, -0.2) is 0 Å². The molecule has 0 atom stereocenters. The molecule has 0 unspecified atom stereocenters. The minimum atomic E-state index is -0.327. The fourth-order valence-corrected chi connectivity index (χ4v) is 2.40. The second-order valence-corrected chi connectivity index (χ2v) is 5.14. The highest BCUT2D eigenvalue weighted by Gasteiger charge is 2.08. The van der Waals surface area contributed by atoms with Crippen LogP contribution in [0.15, 0.2) is 48.7 Å². The molecule has 0 radical (unpaired) electrons. The average molecular weight is 296 g/mol. The summed E-state index contributed by atoms with van der Waals surface area (Å²) >= 11 is 0. The fraction of sp³-hybridized carbons (Fsp3) is 0.118. The largest absolute Gasteiger partial charge is 0.508 e. The summed E-state index contributed by atoms with van der Waals surface area (Å²) < 4.78 is 0. The molecule has 0 bridgehead atoms. The summed E-state index contributed by atoms with van der Waals surface area (Å²) in [6, 6.07) is 12.0. The van der Waals surface area contributed by atoms with Crippen molar-refractivity contribution in [3.63, 3.8) is 0 Å². The summed E-state index contributed by atoms with van der Waals surface area (Å²) in [5.74, 6) is -0.600. The molecule has 0 saturated heterocycles. The summed E-state index contributed by atoms with van der Waals surface area (Å²) in [5.41, 5.74) is 2.42. The Balaban J connectivity index is 1.61. The summed E-state index contributed by atoms with van der Waals surface area (Å²) in [5, 5.41) is 22.7. The second kappa shape index (κ2) is 5.81. The van der Waals surface area contributed by atoms with Crippen molar-refractivity contribution in [3.05, 3.63) is 59.8 Å². The molecule has 112 valence electrons. The van der Waals surface area contributed by atoms with Gasteiger partial charge in [-0.05, 0) is 41.6 Å². The number of amides is 1. The zero-order valence-electron chi connectivity index (χ0n) is 11.8. The number of benzene rings is 2. The molecule has 0 fully saturated rings. The van der Waals surface area contributed by atoms with E-state index in [-0.39, 0.29) is 23.0 Å². The van der Waals surface area contributed by atoms with Gasteiger partial charge in [0.1, 0.15) is 11.5 Å². The number of fused-ring (bicyclic) bond motifs is 1. The molecule has 5 heteroatoms. The molecular weight excluding hydrogens is 280 g/mol. The van der Waals surface area contributed by atoms with E-state index in [9.17, 15) is 15.0 Å². The third-order valence-corrected chi connectivity index (χ3v) is 3.48. The van der Waals surface area contributed by atoms with E-state index < -0.39 is 0 Å². The van der Waals surface area contributed by atoms with Crippen molar-refractivity contribution in [3.8, 4) is 11.5 Å². The first kappa shape index (κ1) is 14.0. The normalized spacial score (nSPS) is 10.7. The maximum absolute atomic E-state index is 12.0. The predicted molar refractivity (Wildman–Crippen MR) is 84.1 cm³/mol. The number of carbonyl (C=O) groups is 1. The number of rotatable bonds is 4. The van der Waals surface area contributed by atoms with Gasteiger partial charge in [0, 0.05) is 29.9 Å². The van der Waals surface area contributed by atoms with Crippen molar-refractivity contribution >= 4 is 16.8 Å². The van der Waals surface area contributed by atoms with Crippen LogP contribution in [0.5, 0.6) is 11.5 Å². The number of aromatic hydroxyl groups is 2. The minimum absolute atomic E-state index is 0.137. The van der Waals surface area contributed by atoms with Crippen molar-refractivity contribution in [1.29, 1.82) is 0 Å². The molecule has 4 N–H and O–H groups in total. The van der Waals surface area contributed by atoms with Crippen LogP contribution in [0.1, 0.15) is 15.9 Å². The van der Waals surface area contributed by atoms with E-state index in [1.807, 2.05) is 24.4 Å². The number of aromatic nitrogens is 1. The van der Waals surface area contributed by atoms with Crippen LogP contribution in [0, 0.1) is 0 Å². The van der Waals surface area contributed by atoms with E-state index in [0.29, 0.717) is 13.0 Å². The van der Waals surface area contributed by atoms with Crippen LogP contribution in [0.3, 0.4) is 0 Å². The molecule has 22 heavy (non-hydrogen) atoms. The van der Waals surface area contributed by atoms with Gasteiger partial charge in [0.2, 0.25) is 0 Å². The van der Waals surface area contributed by atoms with Gasteiger partial charge >= 0.3 is 0 Å². The zero-order chi connectivity index (χ0) is 15.5. The smallest absolute Gasteiger partial charge is 0.251 e. The molecule has 2 aromatic carbocycles. The van der Waals surface area contributed by atoms with E-state index in [1.54, 1.807) is 0 Å². The zero-order valence-corrected chi connectivity index (χ0v) is 11.8. The molecule has 0 spiro atoms. The van der Waals surface area contributed by atoms with Gasteiger partial charge in [0.25, 0.3) is 5.91 Å². The van der Waals surface area contributed by atoms with Crippen LogP contribution in [0.4, 0.5) is 0 Å². The Morgan fingerprint density at radius 1 is 1.05 bits per heavy atom. The molecule has 1 aromatic heterocycles. The Bertz CT molecular complexity index is 803. The van der Waals surface area contributed by atoms with Gasteiger partial charge < -0.3 is 20.5 Å².